The van der Waals surface area contributed by atoms with E-state index in [0.29, 0.717) is 12.1 Å². The lowest BCUT2D eigenvalue weighted by Gasteiger charge is -1.90. The number of anilines is 1. The molecular formula is C6H11N3O3S. The first kappa shape index (κ1) is 11.7. The van der Waals surface area contributed by atoms with Gasteiger partial charge in [-0.3, -0.25) is 11.6 Å². The topological polar surface area (TPSA) is 113 Å². The SMILES string of the molecule is CS(=O)(=O)[O-].Nc1cccc[n+]1N. The van der Waals surface area contributed by atoms with E-state index >= 15 is 0 Å². The molecule has 0 spiro atoms. The summed E-state index contributed by atoms with van der Waals surface area (Å²) in [6.45, 7) is 0. The Bertz CT molecular complexity index is 334. The van der Waals surface area contributed by atoms with Gasteiger partial charge in [-0.1, -0.05) is 6.07 Å². The Labute approximate surface area is 76.5 Å². The lowest BCUT2D eigenvalue weighted by molar-refractivity contribution is -0.623. The Morgan fingerprint density at radius 2 is 1.92 bits per heavy atom. The standard InChI is InChI=1S/C5H7N3.CH4O3S/c6-5-3-1-2-4-8(5)7;1-5(2,3)4/h1-4,6H,7H2;1H3,(H,2,3,4). The molecule has 0 fully saturated rings. The van der Waals surface area contributed by atoms with E-state index in [4.69, 9.17) is 24.5 Å². The second-order valence-electron chi connectivity index (χ2n) is 2.24. The molecule has 1 aromatic rings. The lowest BCUT2D eigenvalue weighted by atomic mass is 10.5. The summed E-state index contributed by atoms with van der Waals surface area (Å²) < 4.78 is 28.6. The van der Waals surface area contributed by atoms with Gasteiger partial charge in [0.2, 0.25) is 0 Å². The van der Waals surface area contributed by atoms with Crippen molar-refractivity contribution in [3.8, 4) is 0 Å². The second kappa shape index (κ2) is 4.63. The fourth-order valence-electron chi connectivity index (χ4n) is 0.469. The minimum absolute atomic E-state index is 0.563. The van der Waals surface area contributed by atoms with Gasteiger partial charge < -0.3 is 4.55 Å². The Kier molecular flexibility index (Phi) is 4.15. The molecule has 1 rings (SSSR count). The summed E-state index contributed by atoms with van der Waals surface area (Å²) in [6, 6.07) is 5.38. The van der Waals surface area contributed by atoms with Crippen LogP contribution >= 0.6 is 0 Å². The average Bonchev–Trinajstić information content (AvgIpc) is 1.92. The highest BCUT2D eigenvalue weighted by atomic mass is 32.2. The van der Waals surface area contributed by atoms with E-state index in [1.807, 2.05) is 12.1 Å². The molecule has 7 heteroatoms. The summed E-state index contributed by atoms with van der Waals surface area (Å²) in [6.07, 6.45) is 2.29. The zero-order chi connectivity index (χ0) is 10.5. The molecule has 0 aliphatic carbocycles. The summed E-state index contributed by atoms with van der Waals surface area (Å²) in [4.78, 5) is 0. The van der Waals surface area contributed by atoms with Crippen molar-refractivity contribution in [1.29, 1.82) is 0 Å². The maximum atomic E-state index is 9.08. The quantitative estimate of drug-likeness (QED) is 0.302. The first-order valence-electron chi connectivity index (χ1n) is 3.23. The van der Waals surface area contributed by atoms with E-state index in [9.17, 15) is 0 Å². The molecule has 1 heterocycles. The molecule has 0 radical (unpaired) electrons. The molecule has 0 aliphatic heterocycles. The lowest BCUT2D eigenvalue weighted by Crippen LogP contribution is -2.46. The molecular weight excluding hydrogens is 194 g/mol. The van der Waals surface area contributed by atoms with Crippen molar-refractivity contribution in [3.05, 3.63) is 24.4 Å². The smallest absolute Gasteiger partial charge is 0.295 e. The Morgan fingerprint density at radius 1 is 1.46 bits per heavy atom. The van der Waals surface area contributed by atoms with E-state index in [-0.39, 0.29) is 0 Å². The molecule has 0 aromatic carbocycles. The summed E-state index contributed by atoms with van der Waals surface area (Å²) in [7, 11) is -3.92. The molecule has 6 nitrogen and oxygen atoms in total. The Morgan fingerprint density at radius 3 is 2.15 bits per heavy atom. The predicted octanol–water partition coefficient (Wildman–Crippen LogP) is -1.57. The number of rotatable bonds is 0. The van der Waals surface area contributed by atoms with Crippen molar-refractivity contribution < 1.29 is 17.6 Å². The third kappa shape index (κ3) is 8.57. The largest absolute Gasteiger partial charge is 0.748 e. The van der Waals surface area contributed by atoms with Gasteiger partial charge in [0.1, 0.15) is 6.20 Å². The number of nitrogen functional groups attached to an aromatic ring is 2. The summed E-state index contributed by atoms with van der Waals surface area (Å²) >= 11 is 0. The van der Waals surface area contributed by atoms with Gasteiger partial charge in [-0.25, -0.2) is 8.42 Å². The van der Waals surface area contributed by atoms with Crippen LogP contribution in [0.25, 0.3) is 0 Å². The highest BCUT2D eigenvalue weighted by Gasteiger charge is 1.91. The van der Waals surface area contributed by atoms with Crippen LogP contribution in [0.5, 0.6) is 0 Å². The maximum absolute atomic E-state index is 9.08. The number of aromatic nitrogens is 1. The van der Waals surface area contributed by atoms with Crippen molar-refractivity contribution in [1.82, 2.24) is 0 Å². The molecule has 4 N–H and O–H groups in total. The van der Waals surface area contributed by atoms with Crippen molar-refractivity contribution in [3.63, 3.8) is 0 Å². The maximum Gasteiger partial charge on any atom is 0.295 e. The van der Waals surface area contributed by atoms with Crippen molar-refractivity contribution in [2.24, 2.45) is 0 Å². The monoisotopic (exact) mass is 205 g/mol. The summed E-state index contributed by atoms with van der Waals surface area (Å²) in [5, 5.41) is 0. The summed E-state index contributed by atoms with van der Waals surface area (Å²) in [5.74, 6) is 5.87. The fraction of sp³-hybridized carbons (Fsp3) is 0.167. The molecule has 0 saturated heterocycles. The van der Waals surface area contributed by atoms with Gasteiger partial charge in [-0.2, -0.15) is 0 Å². The highest BCUT2D eigenvalue weighted by molar-refractivity contribution is 7.84. The van der Waals surface area contributed by atoms with Crippen LogP contribution in [0.3, 0.4) is 0 Å². The van der Waals surface area contributed by atoms with Gasteiger partial charge in [0.05, 0.1) is 10.1 Å². The second-order valence-corrected chi connectivity index (χ2v) is 3.65. The van der Waals surface area contributed by atoms with Crippen LogP contribution in [-0.4, -0.2) is 19.2 Å². The average molecular weight is 205 g/mol. The van der Waals surface area contributed by atoms with Crippen LogP contribution in [0.15, 0.2) is 24.4 Å². The number of hydrogen-bond donors (Lipinski definition) is 2. The molecule has 0 atom stereocenters. The van der Waals surface area contributed by atoms with Crippen LogP contribution in [0.2, 0.25) is 0 Å². The van der Waals surface area contributed by atoms with Gasteiger partial charge in [0, 0.05) is 12.3 Å². The first-order valence-corrected chi connectivity index (χ1v) is 5.04. The van der Waals surface area contributed by atoms with Crippen LogP contribution in [0.1, 0.15) is 0 Å². The van der Waals surface area contributed by atoms with E-state index in [0.717, 1.165) is 0 Å². The van der Waals surface area contributed by atoms with Gasteiger partial charge in [-0.15, -0.1) is 4.68 Å². The molecule has 0 amide bonds. The van der Waals surface area contributed by atoms with Crippen LogP contribution in [-0.2, 0) is 10.1 Å². The van der Waals surface area contributed by atoms with Gasteiger partial charge in [0.15, 0.2) is 0 Å². The van der Waals surface area contributed by atoms with Gasteiger partial charge in [0.25, 0.3) is 5.82 Å². The fourth-order valence-corrected chi connectivity index (χ4v) is 0.469. The molecule has 0 saturated carbocycles. The minimum Gasteiger partial charge on any atom is -0.748 e. The number of nitrogens with zero attached hydrogens (tertiary/aromatic N) is 1. The minimum atomic E-state index is -3.92. The van der Waals surface area contributed by atoms with Gasteiger partial charge >= 0.3 is 0 Å². The van der Waals surface area contributed by atoms with E-state index in [1.165, 1.54) is 4.68 Å². The molecule has 1 aromatic heterocycles. The normalized spacial score (nSPS) is 10.0. The number of hydrogen-bond acceptors (Lipinski definition) is 5. The van der Waals surface area contributed by atoms with Crippen molar-refractivity contribution in [2.45, 2.75) is 0 Å². The molecule has 13 heavy (non-hydrogen) atoms. The number of nitrogens with two attached hydrogens (primary N) is 2. The van der Waals surface area contributed by atoms with Crippen molar-refractivity contribution >= 4 is 15.9 Å². The van der Waals surface area contributed by atoms with Crippen LogP contribution in [0.4, 0.5) is 5.82 Å². The Balaban J connectivity index is 0.000000252. The summed E-state index contributed by atoms with van der Waals surface area (Å²) in [5.41, 5.74) is 5.36. The van der Waals surface area contributed by atoms with E-state index in [2.05, 4.69) is 0 Å². The third-order valence-corrected chi connectivity index (χ3v) is 0.923. The van der Waals surface area contributed by atoms with Gasteiger partial charge in [-0.05, 0) is 6.07 Å². The van der Waals surface area contributed by atoms with Crippen LogP contribution in [0, 0.1) is 0 Å². The zero-order valence-corrected chi connectivity index (χ0v) is 7.86. The Hall–Kier alpha value is -1.34. The number of pyridine rings is 1. The van der Waals surface area contributed by atoms with E-state index in [1.54, 1.807) is 12.3 Å². The highest BCUT2D eigenvalue weighted by Crippen LogP contribution is 1.85. The molecule has 74 valence electrons. The first-order chi connectivity index (χ1) is 5.80. The predicted molar refractivity (Wildman–Crippen MR) is 46.8 cm³/mol. The van der Waals surface area contributed by atoms with E-state index < -0.39 is 10.1 Å². The van der Waals surface area contributed by atoms with Crippen LogP contribution < -0.4 is 16.3 Å². The molecule has 0 bridgehead atoms. The zero-order valence-electron chi connectivity index (χ0n) is 7.04. The van der Waals surface area contributed by atoms with Crippen molar-refractivity contribution in [2.75, 3.05) is 17.8 Å². The molecule has 0 aliphatic rings. The third-order valence-electron chi connectivity index (χ3n) is 0.923. The molecule has 0 unspecified atom stereocenters.